The van der Waals surface area contributed by atoms with Crippen molar-refractivity contribution in [3.05, 3.63) is 53.1 Å². The van der Waals surface area contributed by atoms with Crippen LogP contribution in [0.3, 0.4) is 0 Å². The van der Waals surface area contributed by atoms with Gasteiger partial charge in [-0.2, -0.15) is 0 Å². The van der Waals surface area contributed by atoms with Gasteiger partial charge in [0.25, 0.3) is 5.91 Å². The van der Waals surface area contributed by atoms with E-state index in [0.717, 1.165) is 5.69 Å². The van der Waals surface area contributed by atoms with Crippen LogP contribution in [0.25, 0.3) is 0 Å². The fourth-order valence-corrected chi connectivity index (χ4v) is 1.80. The summed E-state index contributed by atoms with van der Waals surface area (Å²) in [6, 6.07) is 6.84. The molecule has 0 saturated heterocycles. The quantitative estimate of drug-likeness (QED) is 0.872. The minimum absolute atomic E-state index is 0.212. The number of carbonyl (C=O) groups excluding carboxylic acids is 1. The summed E-state index contributed by atoms with van der Waals surface area (Å²) in [4.78, 5) is 20.3. The van der Waals surface area contributed by atoms with Crippen molar-refractivity contribution in [2.75, 3.05) is 5.32 Å². The fraction of sp³-hybridized carbons (Fsp3) is 0.214. The molecule has 0 radical (unpaired) electrons. The van der Waals surface area contributed by atoms with Crippen molar-refractivity contribution in [1.29, 1.82) is 0 Å². The zero-order chi connectivity index (χ0) is 13.8. The Morgan fingerprint density at radius 1 is 1.37 bits per heavy atom. The maximum atomic E-state index is 12.1. The van der Waals surface area contributed by atoms with Crippen molar-refractivity contribution in [3.8, 4) is 0 Å². The molecule has 19 heavy (non-hydrogen) atoms. The van der Waals surface area contributed by atoms with Gasteiger partial charge in [-0.25, -0.2) is 4.98 Å². The van der Waals surface area contributed by atoms with E-state index >= 15 is 0 Å². The summed E-state index contributed by atoms with van der Waals surface area (Å²) in [7, 11) is 0. The number of nitrogens with zero attached hydrogens (tertiary/aromatic N) is 2. The van der Waals surface area contributed by atoms with E-state index in [4.69, 9.17) is 11.6 Å². The zero-order valence-electron chi connectivity index (χ0n) is 10.7. The average molecular weight is 276 g/mol. The predicted octanol–water partition coefficient (Wildman–Crippen LogP) is 3.51. The largest absolute Gasteiger partial charge is 0.321 e. The lowest BCUT2D eigenvalue weighted by atomic mass is 10.1. The van der Waals surface area contributed by atoms with Crippen LogP contribution in [0.4, 0.5) is 5.69 Å². The van der Waals surface area contributed by atoms with Gasteiger partial charge >= 0.3 is 0 Å². The number of rotatable bonds is 3. The van der Waals surface area contributed by atoms with Crippen LogP contribution in [0.5, 0.6) is 0 Å². The Bertz CT molecular complexity index is 584. The predicted molar refractivity (Wildman–Crippen MR) is 75.5 cm³/mol. The topological polar surface area (TPSA) is 54.9 Å². The number of pyridine rings is 2. The maximum Gasteiger partial charge on any atom is 0.255 e. The number of nitrogens with one attached hydrogen (secondary N) is 1. The molecule has 0 fully saturated rings. The third-order valence-corrected chi connectivity index (χ3v) is 2.78. The van der Waals surface area contributed by atoms with Gasteiger partial charge in [0.2, 0.25) is 0 Å². The Kier molecular flexibility index (Phi) is 4.12. The molecule has 1 amide bonds. The van der Waals surface area contributed by atoms with Crippen LogP contribution in [-0.2, 0) is 0 Å². The number of anilines is 1. The van der Waals surface area contributed by atoms with Gasteiger partial charge in [-0.3, -0.25) is 9.78 Å². The van der Waals surface area contributed by atoms with Crippen LogP contribution in [0.2, 0.25) is 5.15 Å². The minimum atomic E-state index is -0.223. The highest BCUT2D eigenvalue weighted by atomic mass is 35.5. The minimum Gasteiger partial charge on any atom is -0.321 e. The summed E-state index contributed by atoms with van der Waals surface area (Å²) in [6.45, 7) is 4.00. The number of aromatic nitrogens is 2. The maximum absolute atomic E-state index is 12.1. The number of halogens is 1. The van der Waals surface area contributed by atoms with Crippen LogP contribution in [-0.4, -0.2) is 15.9 Å². The van der Waals surface area contributed by atoms with Gasteiger partial charge in [0.15, 0.2) is 0 Å². The molecule has 1 N–H and O–H groups in total. The van der Waals surface area contributed by atoms with Gasteiger partial charge in [-0.15, -0.1) is 0 Å². The SMILES string of the molecule is CC(C)c1cc(C(=O)Nc2cccnc2)cc(Cl)n1. The van der Waals surface area contributed by atoms with E-state index in [2.05, 4.69) is 15.3 Å². The molecule has 0 aliphatic heterocycles. The Morgan fingerprint density at radius 3 is 2.79 bits per heavy atom. The Balaban J connectivity index is 2.24. The lowest BCUT2D eigenvalue weighted by Crippen LogP contribution is -2.13. The Morgan fingerprint density at radius 2 is 2.16 bits per heavy atom. The summed E-state index contributed by atoms with van der Waals surface area (Å²) in [5.74, 6) is -0.0113. The second kappa shape index (κ2) is 5.80. The molecular formula is C14H14ClN3O. The molecule has 0 aliphatic rings. The van der Waals surface area contributed by atoms with Gasteiger partial charge in [-0.05, 0) is 30.2 Å². The molecule has 4 nitrogen and oxygen atoms in total. The van der Waals surface area contributed by atoms with Crippen molar-refractivity contribution < 1.29 is 4.79 Å². The summed E-state index contributed by atoms with van der Waals surface area (Å²) in [5, 5.41) is 3.09. The Hall–Kier alpha value is -1.94. The van der Waals surface area contributed by atoms with Crippen molar-refractivity contribution in [1.82, 2.24) is 9.97 Å². The Labute approximate surface area is 116 Å². The number of hydrogen-bond donors (Lipinski definition) is 1. The van der Waals surface area contributed by atoms with E-state index < -0.39 is 0 Å². The first kappa shape index (κ1) is 13.5. The highest BCUT2D eigenvalue weighted by Crippen LogP contribution is 2.18. The molecule has 2 aromatic rings. The summed E-state index contributed by atoms with van der Waals surface area (Å²) in [5.41, 5.74) is 1.93. The zero-order valence-corrected chi connectivity index (χ0v) is 11.5. The molecule has 0 aliphatic carbocycles. The molecule has 0 aromatic carbocycles. The number of hydrogen-bond acceptors (Lipinski definition) is 3. The molecule has 0 spiro atoms. The molecule has 98 valence electrons. The molecular weight excluding hydrogens is 262 g/mol. The fourth-order valence-electron chi connectivity index (χ4n) is 1.58. The molecule has 2 rings (SSSR count). The summed E-state index contributed by atoms with van der Waals surface area (Å²) >= 11 is 5.94. The van der Waals surface area contributed by atoms with Gasteiger partial charge in [0.1, 0.15) is 5.15 Å². The van der Waals surface area contributed by atoms with E-state index in [1.165, 1.54) is 0 Å². The van der Waals surface area contributed by atoms with Crippen LogP contribution in [0, 0.1) is 0 Å². The van der Waals surface area contributed by atoms with E-state index in [1.807, 2.05) is 13.8 Å². The molecule has 2 aromatic heterocycles. The molecule has 5 heteroatoms. The van der Waals surface area contributed by atoms with Crippen molar-refractivity contribution in [3.63, 3.8) is 0 Å². The normalized spacial score (nSPS) is 10.5. The number of amides is 1. The first-order valence-electron chi connectivity index (χ1n) is 5.95. The second-order valence-electron chi connectivity index (χ2n) is 4.45. The molecule has 2 heterocycles. The average Bonchev–Trinajstić information content (AvgIpc) is 2.39. The van der Waals surface area contributed by atoms with Gasteiger partial charge in [-0.1, -0.05) is 25.4 Å². The first-order chi connectivity index (χ1) is 9.06. The van der Waals surface area contributed by atoms with E-state index in [-0.39, 0.29) is 11.8 Å². The lowest BCUT2D eigenvalue weighted by molar-refractivity contribution is 0.102. The van der Waals surface area contributed by atoms with Gasteiger partial charge in [0, 0.05) is 17.5 Å². The van der Waals surface area contributed by atoms with E-state index in [9.17, 15) is 4.79 Å². The first-order valence-corrected chi connectivity index (χ1v) is 6.33. The van der Waals surface area contributed by atoms with Crippen LogP contribution in [0.1, 0.15) is 35.8 Å². The molecule has 0 unspecified atom stereocenters. The van der Waals surface area contributed by atoms with Gasteiger partial charge < -0.3 is 5.32 Å². The van der Waals surface area contributed by atoms with Crippen molar-refractivity contribution >= 4 is 23.2 Å². The summed E-state index contributed by atoms with van der Waals surface area (Å²) in [6.07, 6.45) is 3.24. The van der Waals surface area contributed by atoms with Crippen molar-refractivity contribution in [2.45, 2.75) is 19.8 Å². The molecule has 0 saturated carbocycles. The lowest BCUT2D eigenvalue weighted by Gasteiger charge is -2.09. The summed E-state index contributed by atoms with van der Waals surface area (Å²) < 4.78 is 0. The highest BCUT2D eigenvalue weighted by Gasteiger charge is 2.11. The monoisotopic (exact) mass is 275 g/mol. The third kappa shape index (κ3) is 3.51. The standard InChI is InChI=1S/C14H14ClN3O/c1-9(2)12-6-10(7-13(15)18-12)14(19)17-11-4-3-5-16-8-11/h3-9H,1-2H3,(H,17,19). The van der Waals surface area contributed by atoms with Crippen molar-refractivity contribution in [2.24, 2.45) is 0 Å². The second-order valence-corrected chi connectivity index (χ2v) is 4.84. The third-order valence-electron chi connectivity index (χ3n) is 2.59. The smallest absolute Gasteiger partial charge is 0.255 e. The highest BCUT2D eigenvalue weighted by molar-refractivity contribution is 6.29. The molecule has 0 bridgehead atoms. The van der Waals surface area contributed by atoms with Crippen LogP contribution >= 0.6 is 11.6 Å². The van der Waals surface area contributed by atoms with Gasteiger partial charge in [0.05, 0.1) is 11.9 Å². The van der Waals surface area contributed by atoms with E-state index in [0.29, 0.717) is 16.4 Å². The molecule has 0 atom stereocenters. The van der Waals surface area contributed by atoms with Crippen LogP contribution in [0.15, 0.2) is 36.7 Å². The van der Waals surface area contributed by atoms with E-state index in [1.54, 1.807) is 36.7 Å². The number of carbonyl (C=O) groups is 1. The van der Waals surface area contributed by atoms with Crippen LogP contribution < -0.4 is 5.32 Å².